The van der Waals surface area contributed by atoms with Crippen LogP contribution in [0.5, 0.6) is 0 Å². The van der Waals surface area contributed by atoms with Gasteiger partial charge in [0.25, 0.3) is 34.6 Å². The minimum atomic E-state index is -0.714. The topological polar surface area (TPSA) is 270 Å². The van der Waals surface area contributed by atoms with Gasteiger partial charge in [0.15, 0.2) is 11.6 Å². The molecule has 0 radical (unpaired) electrons. The number of benzene rings is 5. The lowest BCUT2D eigenvalue weighted by atomic mass is 10.0. The van der Waals surface area contributed by atoms with Crippen LogP contribution < -0.4 is 5.73 Å². The highest BCUT2D eigenvalue weighted by Crippen LogP contribution is 2.34. The molecule has 6 rings (SSSR count). The molecule has 5 aromatic rings. The average molecular weight is 793 g/mol. The van der Waals surface area contributed by atoms with Crippen molar-refractivity contribution in [1.29, 1.82) is 0 Å². The second-order valence-electron chi connectivity index (χ2n) is 12.3. The van der Waals surface area contributed by atoms with Crippen LogP contribution in [0.15, 0.2) is 121 Å². The van der Waals surface area contributed by atoms with Crippen molar-refractivity contribution in [2.24, 2.45) is 5.73 Å². The van der Waals surface area contributed by atoms with E-state index in [4.69, 9.17) is 5.73 Å². The van der Waals surface area contributed by atoms with Gasteiger partial charge in [0.2, 0.25) is 0 Å². The number of ketones is 2. The Morgan fingerprint density at radius 2 is 0.793 bits per heavy atom. The van der Waals surface area contributed by atoms with Gasteiger partial charge in [0.05, 0.1) is 53.6 Å². The largest absolute Gasteiger partial charge is 0.324 e. The fraction of sp³-hybridized carbons (Fsp3) is 0.150. The first-order valence-corrected chi connectivity index (χ1v) is 17.1. The Balaban J connectivity index is 0.000000217. The van der Waals surface area contributed by atoms with E-state index in [1.807, 2.05) is 0 Å². The van der Waals surface area contributed by atoms with Crippen LogP contribution in [0.3, 0.4) is 0 Å². The van der Waals surface area contributed by atoms with E-state index < -0.39 is 37.5 Å². The molecule has 18 heteroatoms. The Labute approximate surface area is 330 Å². The first-order valence-electron chi connectivity index (χ1n) is 17.1. The number of para-hydroxylation sites is 4. The summed E-state index contributed by atoms with van der Waals surface area (Å²) in [7, 11) is 0. The van der Waals surface area contributed by atoms with E-state index in [1.165, 1.54) is 62.4 Å². The zero-order valence-corrected chi connectivity index (χ0v) is 31.4. The molecule has 1 heterocycles. The van der Waals surface area contributed by atoms with Gasteiger partial charge >= 0.3 is 0 Å². The van der Waals surface area contributed by atoms with Gasteiger partial charge in [-0.1, -0.05) is 72.8 Å². The van der Waals surface area contributed by atoms with Crippen LogP contribution in [-0.2, 0) is 0 Å². The summed E-state index contributed by atoms with van der Waals surface area (Å²) >= 11 is 0. The number of rotatable bonds is 9. The number of amides is 2. The molecule has 1 aliphatic heterocycles. The number of nitrogens with zero attached hydrogens (tertiary/aromatic N) is 5. The van der Waals surface area contributed by atoms with E-state index in [0.717, 1.165) is 4.90 Å². The molecular formula is C40H36N6O12. The first-order chi connectivity index (χ1) is 27.4. The molecular weight excluding hydrogens is 756 g/mol. The number of nitrogens with two attached hydrogens (primary N) is 1. The molecule has 0 saturated heterocycles. The third-order valence-corrected chi connectivity index (χ3v) is 8.38. The number of fused-ring (bicyclic) bond motifs is 1. The molecule has 298 valence electrons. The highest BCUT2D eigenvalue weighted by molar-refractivity contribution is 6.21. The lowest BCUT2D eigenvalue weighted by molar-refractivity contribution is -0.386. The van der Waals surface area contributed by atoms with Crippen molar-refractivity contribution in [2.75, 3.05) is 0 Å². The van der Waals surface area contributed by atoms with Crippen molar-refractivity contribution in [3.63, 3.8) is 0 Å². The van der Waals surface area contributed by atoms with Gasteiger partial charge in [0, 0.05) is 35.9 Å². The third-order valence-electron chi connectivity index (χ3n) is 8.38. The molecule has 5 aromatic carbocycles. The Kier molecular flexibility index (Phi) is 15.5. The van der Waals surface area contributed by atoms with E-state index in [-0.39, 0.29) is 51.5 Å². The predicted octanol–water partition coefficient (Wildman–Crippen LogP) is 8.16. The minimum absolute atomic E-state index is 0.0903. The molecule has 58 heavy (non-hydrogen) atoms. The van der Waals surface area contributed by atoms with Gasteiger partial charge in [-0.15, -0.1) is 0 Å². The molecule has 18 nitrogen and oxygen atoms in total. The molecule has 0 bridgehead atoms. The summed E-state index contributed by atoms with van der Waals surface area (Å²) in [5, 5.41) is 42.4. The van der Waals surface area contributed by atoms with Crippen LogP contribution in [0, 0.1) is 40.5 Å². The summed E-state index contributed by atoms with van der Waals surface area (Å²) in [6.45, 7) is 5.96. The lowest BCUT2D eigenvalue weighted by Crippen LogP contribution is -2.32. The maximum atomic E-state index is 12.4. The van der Waals surface area contributed by atoms with Crippen LogP contribution >= 0.6 is 0 Å². The van der Waals surface area contributed by atoms with Gasteiger partial charge in [-0.25, -0.2) is 0 Å². The van der Waals surface area contributed by atoms with Gasteiger partial charge in [-0.05, 0) is 52.0 Å². The summed E-state index contributed by atoms with van der Waals surface area (Å²) in [6, 6.07) is 29.9. The van der Waals surface area contributed by atoms with Crippen molar-refractivity contribution >= 4 is 46.1 Å². The zero-order chi connectivity index (χ0) is 43.3. The van der Waals surface area contributed by atoms with Gasteiger partial charge in [-0.2, -0.15) is 0 Å². The predicted molar refractivity (Wildman–Crippen MR) is 210 cm³/mol. The molecule has 0 aromatic heterocycles. The average Bonchev–Trinajstić information content (AvgIpc) is 3.46. The fourth-order valence-electron chi connectivity index (χ4n) is 5.61. The van der Waals surface area contributed by atoms with Crippen molar-refractivity contribution in [2.45, 2.75) is 39.8 Å². The number of hydrogen-bond acceptors (Lipinski definition) is 13. The second kappa shape index (κ2) is 20.2. The van der Waals surface area contributed by atoms with Crippen LogP contribution in [0.1, 0.15) is 92.3 Å². The minimum Gasteiger partial charge on any atom is -0.324 e. The molecule has 0 spiro atoms. The van der Waals surface area contributed by atoms with Crippen molar-refractivity contribution < 1.29 is 38.9 Å². The first kappa shape index (κ1) is 44.5. The lowest BCUT2D eigenvalue weighted by Gasteiger charge is -2.22. The molecule has 0 aliphatic carbocycles. The molecule has 2 atom stereocenters. The standard InChI is InChI=1S/C16H12N2O4.C8H10N2O2.2C8H7NO3/c1-10(11-6-4-5-9-14(11)18(21)22)17-15(19)12-7-2-3-8-13(12)16(17)20;1-6(9)7-4-2-3-5-8(7)10(11)12;2*1-6(10)7-4-2-3-5-8(7)9(11)12/h2-10H,1H3;2-6H,9H2,1H3;2*2-5H,1H3. The maximum absolute atomic E-state index is 12.4. The quantitative estimate of drug-likeness (QED) is 0.0639. The Bertz CT molecular complexity index is 2230. The second-order valence-corrected chi connectivity index (χ2v) is 12.3. The van der Waals surface area contributed by atoms with Crippen LogP contribution in [0.4, 0.5) is 22.7 Å². The summed E-state index contributed by atoms with van der Waals surface area (Å²) in [5.41, 5.74) is 7.14. The SMILES string of the molecule is CC(=O)c1ccccc1[N+](=O)[O-].CC(=O)c1ccccc1[N+](=O)[O-].CC(N)c1ccccc1[N+](=O)[O-].CC(c1ccccc1[N+](=O)[O-])N1C(=O)c2ccccc2C1=O. The molecule has 2 N–H and O–H groups in total. The van der Waals surface area contributed by atoms with E-state index in [0.29, 0.717) is 22.3 Å². The number of Topliss-reactive ketones (excluding diaryl/α,β-unsaturated/α-hetero) is 2. The fourth-order valence-corrected chi connectivity index (χ4v) is 5.61. The van der Waals surface area contributed by atoms with Crippen molar-refractivity contribution in [3.05, 3.63) is 195 Å². The van der Waals surface area contributed by atoms with Gasteiger partial charge in [-0.3, -0.25) is 64.5 Å². The summed E-state index contributed by atoms with van der Waals surface area (Å²) in [5.74, 6) is -1.43. The summed E-state index contributed by atoms with van der Waals surface area (Å²) < 4.78 is 0. The molecule has 0 saturated carbocycles. The van der Waals surface area contributed by atoms with E-state index in [9.17, 15) is 59.6 Å². The van der Waals surface area contributed by atoms with Gasteiger partial charge < -0.3 is 5.73 Å². The highest BCUT2D eigenvalue weighted by atomic mass is 16.6. The zero-order valence-electron chi connectivity index (χ0n) is 31.4. The number of imide groups is 1. The summed E-state index contributed by atoms with van der Waals surface area (Å²) in [6.07, 6.45) is 0. The summed E-state index contributed by atoms with van der Waals surface area (Å²) in [4.78, 5) is 88.0. The smallest absolute Gasteiger partial charge is 0.280 e. The number of nitro groups is 4. The van der Waals surface area contributed by atoms with Crippen LogP contribution in [-0.4, -0.2) is 48.0 Å². The number of carbonyl (C=O) groups excluding carboxylic acids is 4. The molecule has 2 unspecified atom stereocenters. The Hall–Kier alpha value is -7.86. The molecule has 2 amide bonds. The van der Waals surface area contributed by atoms with E-state index in [1.54, 1.807) is 86.6 Å². The number of hydrogen-bond donors (Lipinski definition) is 1. The molecule has 1 aliphatic rings. The Morgan fingerprint density at radius 1 is 0.500 bits per heavy atom. The van der Waals surface area contributed by atoms with Crippen molar-refractivity contribution in [3.8, 4) is 0 Å². The number of nitro benzene ring substituents is 4. The van der Waals surface area contributed by atoms with Crippen molar-refractivity contribution in [1.82, 2.24) is 4.90 Å². The van der Waals surface area contributed by atoms with E-state index >= 15 is 0 Å². The van der Waals surface area contributed by atoms with Crippen LogP contribution in [0.25, 0.3) is 0 Å². The van der Waals surface area contributed by atoms with Gasteiger partial charge in [0.1, 0.15) is 0 Å². The highest BCUT2D eigenvalue weighted by Gasteiger charge is 2.40. The number of carbonyl (C=O) groups is 4. The maximum Gasteiger partial charge on any atom is 0.280 e. The molecule has 0 fully saturated rings. The van der Waals surface area contributed by atoms with Crippen LogP contribution in [0.2, 0.25) is 0 Å². The monoisotopic (exact) mass is 792 g/mol. The van der Waals surface area contributed by atoms with E-state index in [2.05, 4.69) is 0 Å². The Morgan fingerprint density at radius 3 is 1.10 bits per heavy atom. The third kappa shape index (κ3) is 10.9. The normalized spacial score (nSPS) is 12.1.